The van der Waals surface area contributed by atoms with Gasteiger partial charge in [-0.2, -0.15) is 5.26 Å². The monoisotopic (exact) mass is 333 g/mol. The number of hydrogen-bond acceptors (Lipinski definition) is 5. The lowest BCUT2D eigenvalue weighted by Gasteiger charge is -2.09. The normalized spacial score (nSPS) is 11.2. The SMILES string of the molecule is CN(C)C(=O)C(C#N)=Cc1cccc(Oc2ncnc3[nH]ccc23)c1. The molecule has 3 rings (SSSR count). The van der Waals surface area contributed by atoms with Crippen LogP contribution in [0.15, 0.2) is 48.4 Å². The second kappa shape index (κ2) is 6.84. The number of benzene rings is 1. The lowest BCUT2D eigenvalue weighted by Crippen LogP contribution is -2.22. The van der Waals surface area contributed by atoms with Crippen molar-refractivity contribution in [3.63, 3.8) is 0 Å². The molecular formula is C18H15N5O2. The average Bonchev–Trinajstić information content (AvgIpc) is 3.09. The van der Waals surface area contributed by atoms with Crippen LogP contribution in [0.2, 0.25) is 0 Å². The van der Waals surface area contributed by atoms with Gasteiger partial charge in [-0.25, -0.2) is 9.97 Å². The Bertz CT molecular complexity index is 998. The van der Waals surface area contributed by atoms with E-state index in [0.717, 1.165) is 5.39 Å². The third kappa shape index (κ3) is 3.48. The molecule has 0 fully saturated rings. The second-order valence-corrected chi connectivity index (χ2v) is 5.46. The Morgan fingerprint density at radius 1 is 1.32 bits per heavy atom. The molecule has 2 heterocycles. The van der Waals surface area contributed by atoms with Crippen molar-refractivity contribution in [1.29, 1.82) is 5.26 Å². The van der Waals surface area contributed by atoms with E-state index < -0.39 is 0 Å². The molecule has 0 atom stereocenters. The van der Waals surface area contributed by atoms with E-state index in [4.69, 9.17) is 4.74 Å². The molecule has 0 aliphatic rings. The minimum atomic E-state index is -0.348. The van der Waals surface area contributed by atoms with Gasteiger partial charge in [0.1, 0.15) is 29.4 Å². The number of aromatic nitrogens is 3. The van der Waals surface area contributed by atoms with E-state index in [1.165, 1.54) is 17.3 Å². The van der Waals surface area contributed by atoms with Crippen LogP contribution in [0.4, 0.5) is 0 Å². The Balaban J connectivity index is 1.91. The zero-order chi connectivity index (χ0) is 17.8. The minimum Gasteiger partial charge on any atom is -0.438 e. The zero-order valence-corrected chi connectivity index (χ0v) is 13.7. The first-order valence-electron chi connectivity index (χ1n) is 7.48. The number of rotatable bonds is 4. The van der Waals surface area contributed by atoms with E-state index in [2.05, 4.69) is 15.0 Å². The first-order chi connectivity index (χ1) is 12.1. The molecule has 7 nitrogen and oxygen atoms in total. The van der Waals surface area contributed by atoms with Gasteiger partial charge in [0.25, 0.3) is 5.91 Å². The summed E-state index contributed by atoms with van der Waals surface area (Å²) < 4.78 is 5.84. The van der Waals surface area contributed by atoms with Crippen LogP contribution in [0.5, 0.6) is 11.6 Å². The fourth-order valence-corrected chi connectivity index (χ4v) is 2.26. The number of aromatic amines is 1. The molecule has 1 N–H and O–H groups in total. The lowest BCUT2D eigenvalue weighted by molar-refractivity contribution is -0.124. The van der Waals surface area contributed by atoms with E-state index in [-0.39, 0.29) is 11.5 Å². The zero-order valence-electron chi connectivity index (χ0n) is 13.7. The van der Waals surface area contributed by atoms with Crippen molar-refractivity contribution >= 4 is 23.0 Å². The van der Waals surface area contributed by atoms with Crippen LogP contribution in [0, 0.1) is 11.3 Å². The van der Waals surface area contributed by atoms with Gasteiger partial charge in [0.05, 0.1) is 5.39 Å². The number of ether oxygens (including phenoxy) is 1. The van der Waals surface area contributed by atoms with E-state index in [0.29, 0.717) is 22.8 Å². The smallest absolute Gasteiger partial charge is 0.264 e. The first-order valence-corrected chi connectivity index (χ1v) is 7.48. The number of H-pyrrole nitrogens is 1. The van der Waals surface area contributed by atoms with E-state index in [1.54, 1.807) is 44.6 Å². The quantitative estimate of drug-likeness (QED) is 0.585. The van der Waals surface area contributed by atoms with Gasteiger partial charge in [-0.05, 0) is 29.8 Å². The maximum Gasteiger partial charge on any atom is 0.264 e. The van der Waals surface area contributed by atoms with Crippen LogP contribution in [0.1, 0.15) is 5.56 Å². The van der Waals surface area contributed by atoms with Gasteiger partial charge >= 0.3 is 0 Å². The number of likely N-dealkylation sites (N-methyl/N-ethyl adjacent to an activating group) is 1. The average molecular weight is 333 g/mol. The Kier molecular flexibility index (Phi) is 4.44. The molecule has 0 saturated heterocycles. The molecule has 0 aliphatic heterocycles. The molecule has 0 saturated carbocycles. The van der Waals surface area contributed by atoms with Crippen LogP contribution < -0.4 is 4.74 Å². The van der Waals surface area contributed by atoms with Crippen molar-refractivity contribution in [2.45, 2.75) is 0 Å². The van der Waals surface area contributed by atoms with Crippen LogP contribution in [0.3, 0.4) is 0 Å². The third-order valence-electron chi connectivity index (χ3n) is 3.46. The highest BCUT2D eigenvalue weighted by atomic mass is 16.5. The molecule has 0 spiro atoms. The van der Waals surface area contributed by atoms with Gasteiger partial charge in [-0.15, -0.1) is 0 Å². The van der Waals surface area contributed by atoms with Crippen molar-refractivity contribution in [2.75, 3.05) is 14.1 Å². The maximum atomic E-state index is 12.0. The van der Waals surface area contributed by atoms with Crippen LogP contribution >= 0.6 is 0 Å². The predicted octanol–water partition coefficient (Wildman–Crippen LogP) is 2.75. The molecule has 3 aromatic rings. The molecule has 7 heteroatoms. The summed E-state index contributed by atoms with van der Waals surface area (Å²) in [6.07, 6.45) is 4.71. The number of nitrogens with one attached hydrogen (secondary N) is 1. The molecule has 0 bridgehead atoms. The minimum absolute atomic E-state index is 0.0530. The van der Waals surface area contributed by atoms with Crippen LogP contribution in [-0.4, -0.2) is 39.9 Å². The van der Waals surface area contributed by atoms with Crippen molar-refractivity contribution in [1.82, 2.24) is 19.9 Å². The Hall–Kier alpha value is -3.66. The largest absolute Gasteiger partial charge is 0.438 e. The summed E-state index contributed by atoms with van der Waals surface area (Å²) in [5.41, 5.74) is 1.42. The highest BCUT2D eigenvalue weighted by molar-refractivity contribution is 6.01. The van der Waals surface area contributed by atoms with Gasteiger partial charge in [0.15, 0.2) is 0 Å². The van der Waals surface area contributed by atoms with Gasteiger partial charge in [0.2, 0.25) is 5.88 Å². The number of amides is 1. The molecule has 0 radical (unpaired) electrons. The topological polar surface area (TPSA) is 94.9 Å². The molecule has 1 aromatic carbocycles. The number of carbonyl (C=O) groups excluding carboxylic acids is 1. The summed E-state index contributed by atoms with van der Waals surface area (Å²) in [6.45, 7) is 0. The summed E-state index contributed by atoms with van der Waals surface area (Å²) in [6, 6.07) is 10.8. The standard InChI is InChI=1S/C18H15N5O2/c1-23(2)18(24)13(10-19)8-12-4-3-5-14(9-12)25-17-15-6-7-20-16(15)21-11-22-17/h3-9,11H,1-2H3,(H,20,21,22). The summed E-state index contributed by atoms with van der Waals surface area (Å²) >= 11 is 0. The van der Waals surface area contributed by atoms with Crippen LogP contribution in [-0.2, 0) is 4.79 Å². The molecule has 0 aliphatic carbocycles. The van der Waals surface area contributed by atoms with Crippen LogP contribution in [0.25, 0.3) is 17.1 Å². The maximum absolute atomic E-state index is 12.0. The first kappa shape index (κ1) is 16.2. The molecule has 2 aromatic heterocycles. The number of hydrogen-bond donors (Lipinski definition) is 1. The Morgan fingerprint density at radius 3 is 2.92 bits per heavy atom. The number of fused-ring (bicyclic) bond motifs is 1. The molecule has 1 amide bonds. The molecule has 124 valence electrons. The van der Waals surface area contributed by atoms with Gasteiger partial charge in [-0.1, -0.05) is 12.1 Å². The summed E-state index contributed by atoms with van der Waals surface area (Å²) in [5.74, 6) is 0.625. The highest BCUT2D eigenvalue weighted by Crippen LogP contribution is 2.27. The lowest BCUT2D eigenvalue weighted by atomic mass is 10.1. The summed E-state index contributed by atoms with van der Waals surface area (Å²) in [4.78, 5) is 24.6. The van der Waals surface area contributed by atoms with Crippen molar-refractivity contribution < 1.29 is 9.53 Å². The predicted molar refractivity (Wildman–Crippen MR) is 92.7 cm³/mol. The third-order valence-corrected chi connectivity index (χ3v) is 3.46. The highest BCUT2D eigenvalue weighted by Gasteiger charge is 2.11. The number of carbonyl (C=O) groups is 1. The number of nitrogens with zero attached hydrogens (tertiary/aromatic N) is 4. The molecule has 25 heavy (non-hydrogen) atoms. The second-order valence-electron chi connectivity index (χ2n) is 5.46. The van der Waals surface area contributed by atoms with Crippen molar-refractivity contribution in [3.05, 3.63) is 54.0 Å². The summed E-state index contributed by atoms with van der Waals surface area (Å²) in [5, 5.41) is 9.96. The summed E-state index contributed by atoms with van der Waals surface area (Å²) in [7, 11) is 3.20. The number of nitriles is 1. The van der Waals surface area contributed by atoms with E-state index in [9.17, 15) is 10.1 Å². The van der Waals surface area contributed by atoms with Crippen molar-refractivity contribution in [3.8, 4) is 17.7 Å². The van der Waals surface area contributed by atoms with Gasteiger partial charge in [-0.3, -0.25) is 4.79 Å². The molecular weight excluding hydrogens is 318 g/mol. The Morgan fingerprint density at radius 2 is 2.16 bits per heavy atom. The van der Waals surface area contributed by atoms with Gasteiger partial charge in [0, 0.05) is 20.3 Å². The fraction of sp³-hybridized carbons (Fsp3) is 0.111. The Labute approximate surface area is 144 Å². The van der Waals surface area contributed by atoms with Crippen molar-refractivity contribution in [2.24, 2.45) is 0 Å². The van der Waals surface area contributed by atoms with Gasteiger partial charge < -0.3 is 14.6 Å². The van der Waals surface area contributed by atoms with E-state index in [1.807, 2.05) is 12.1 Å². The van der Waals surface area contributed by atoms with E-state index >= 15 is 0 Å². The molecule has 0 unspecified atom stereocenters. The fourth-order valence-electron chi connectivity index (χ4n) is 2.26.